The third-order valence-corrected chi connectivity index (χ3v) is 4.54. The van der Waals surface area contributed by atoms with E-state index in [-0.39, 0.29) is 0 Å². The second kappa shape index (κ2) is 6.91. The molecule has 0 amide bonds. The minimum absolute atomic E-state index is 0.590. The second-order valence-corrected chi connectivity index (χ2v) is 6.39. The van der Waals surface area contributed by atoms with Gasteiger partial charge in [0.1, 0.15) is 11.5 Å². The molecular weight excluding hydrogens is 454 g/mol. The average Bonchev–Trinajstić information content (AvgIpc) is 2.44. The Kier molecular flexibility index (Phi) is 5.46. The molecule has 0 saturated heterocycles. The first-order valence-corrected chi connectivity index (χ1v) is 8.48. The van der Waals surface area contributed by atoms with E-state index in [0.717, 1.165) is 31.2 Å². The average molecular weight is 466 g/mol. The number of halogens is 3. The third-order valence-electron chi connectivity index (χ3n) is 2.65. The van der Waals surface area contributed by atoms with E-state index in [1.54, 1.807) is 13.3 Å². The number of rotatable bonds is 4. The van der Waals surface area contributed by atoms with Gasteiger partial charge in [-0.15, -0.1) is 0 Å². The van der Waals surface area contributed by atoms with Crippen LogP contribution in [0.4, 0.5) is 0 Å². The summed E-state index contributed by atoms with van der Waals surface area (Å²) in [7, 11) is 1.62. The van der Waals surface area contributed by atoms with Gasteiger partial charge in [0.2, 0.25) is 5.88 Å². The van der Waals surface area contributed by atoms with Crippen LogP contribution in [0.2, 0.25) is 0 Å². The molecule has 0 N–H and O–H groups in total. The number of pyridine rings is 1. The van der Waals surface area contributed by atoms with Crippen molar-refractivity contribution >= 4 is 47.8 Å². The summed E-state index contributed by atoms with van der Waals surface area (Å²) in [6.45, 7) is 1.97. The quantitative estimate of drug-likeness (QED) is 0.550. The smallest absolute Gasteiger partial charge is 0.222 e. The zero-order chi connectivity index (χ0) is 14.7. The summed E-state index contributed by atoms with van der Waals surface area (Å²) in [6.07, 6.45) is 1.80. The van der Waals surface area contributed by atoms with Gasteiger partial charge in [-0.25, -0.2) is 4.98 Å². The molecule has 2 rings (SSSR count). The highest BCUT2D eigenvalue weighted by atomic mass is 79.9. The summed E-state index contributed by atoms with van der Waals surface area (Å²) in [5.74, 6) is 2.01. The van der Waals surface area contributed by atoms with Crippen LogP contribution in [0.3, 0.4) is 0 Å². The number of hydrogen-bond acceptors (Lipinski definition) is 3. The van der Waals surface area contributed by atoms with E-state index in [1.165, 1.54) is 0 Å². The fraction of sp³-hybridized carbons (Fsp3) is 0.214. The third kappa shape index (κ3) is 3.54. The molecular formula is C14H12Br3NO2. The van der Waals surface area contributed by atoms with Crippen molar-refractivity contribution in [2.45, 2.75) is 12.3 Å². The molecule has 0 aliphatic rings. The van der Waals surface area contributed by atoms with Crippen molar-refractivity contribution in [3.8, 4) is 17.4 Å². The van der Waals surface area contributed by atoms with Gasteiger partial charge in [0.05, 0.1) is 16.1 Å². The van der Waals surface area contributed by atoms with Gasteiger partial charge < -0.3 is 9.47 Å². The van der Waals surface area contributed by atoms with Gasteiger partial charge in [0, 0.05) is 17.1 Å². The highest BCUT2D eigenvalue weighted by Crippen LogP contribution is 2.38. The Morgan fingerprint density at radius 3 is 2.35 bits per heavy atom. The van der Waals surface area contributed by atoms with Gasteiger partial charge in [-0.3, -0.25) is 0 Å². The van der Waals surface area contributed by atoms with Crippen molar-refractivity contribution in [2.75, 3.05) is 7.11 Å². The number of benzene rings is 1. The zero-order valence-electron chi connectivity index (χ0n) is 10.9. The van der Waals surface area contributed by atoms with E-state index in [1.807, 2.05) is 25.1 Å². The van der Waals surface area contributed by atoms with Crippen LogP contribution in [0.25, 0.3) is 0 Å². The van der Waals surface area contributed by atoms with Crippen LogP contribution in [0.5, 0.6) is 17.4 Å². The van der Waals surface area contributed by atoms with Crippen LogP contribution in [-0.4, -0.2) is 12.1 Å². The van der Waals surface area contributed by atoms with Gasteiger partial charge in [0.25, 0.3) is 0 Å². The summed E-state index contributed by atoms with van der Waals surface area (Å²) in [4.78, 5) is 4.34. The second-order valence-electron chi connectivity index (χ2n) is 4.12. The molecule has 0 aliphatic carbocycles. The first kappa shape index (κ1) is 15.8. The minimum atomic E-state index is 0.590. The molecule has 3 nitrogen and oxygen atoms in total. The maximum absolute atomic E-state index is 5.86. The molecule has 106 valence electrons. The fourth-order valence-electron chi connectivity index (χ4n) is 1.65. The first-order chi connectivity index (χ1) is 9.55. The molecule has 0 fully saturated rings. The molecule has 1 aromatic carbocycles. The Balaban J connectivity index is 2.32. The standard InChI is InChI=1S/C14H12Br3NO2/c1-8-3-9(6-15)7-18-14(8)20-13-5-10(16)12(19-2)4-11(13)17/h3-5,7H,6H2,1-2H3. The largest absolute Gasteiger partial charge is 0.496 e. The van der Waals surface area contributed by atoms with E-state index in [0.29, 0.717) is 11.6 Å². The lowest BCUT2D eigenvalue weighted by Crippen LogP contribution is -1.94. The van der Waals surface area contributed by atoms with Gasteiger partial charge in [-0.2, -0.15) is 0 Å². The number of alkyl halides is 1. The summed E-state index contributed by atoms with van der Waals surface area (Å²) >= 11 is 10.3. The predicted molar refractivity (Wildman–Crippen MR) is 90.1 cm³/mol. The number of aryl methyl sites for hydroxylation is 1. The maximum Gasteiger partial charge on any atom is 0.222 e. The Morgan fingerprint density at radius 1 is 1.10 bits per heavy atom. The molecule has 0 spiro atoms. The molecule has 0 atom stereocenters. The van der Waals surface area contributed by atoms with Crippen LogP contribution in [0.15, 0.2) is 33.3 Å². The number of methoxy groups -OCH3 is 1. The van der Waals surface area contributed by atoms with Crippen LogP contribution in [-0.2, 0) is 5.33 Å². The van der Waals surface area contributed by atoms with Gasteiger partial charge >= 0.3 is 0 Å². The van der Waals surface area contributed by atoms with E-state index < -0.39 is 0 Å². The van der Waals surface area contributed by atoms with Gasteiger partial charge in [-0.1, -0.05) is 15.9 Å². The Hall–Kier alpha value is -0.590. The van der Waals surface area contributed by atoms with Gasteiger partial charge in [-0.05, 0) is 62.5 Å². The van der Waals surface area contributed by atoms with E-state index in [2.05, 4.69) is 52.8 Å². The van der Waals surface area contributed by atoms with E-state index in [4.69, 9.17) is 9.47 Å². The Labute approximate surface area is 143 Å². The van der Waals surface area contributed by atoms with E-state index in [9.17, 15) is 0 Å². The van der Waals surface area contributed by atoms with Crippen molar-refractivity contribution < 1.29 is 9.47 Å². The normalized spacial score (nSPS) is 10.4. The molecule has 1 heterocycles. The molecule has 0 radical (unpaired) electrons. The van der Waals surface area contributed by atoms with Gasteiger partial charge in [0.15, 0.2) is 0 Å². The lowest BCUT2D eigenvalue weighted by atomic mass is 10.2. The lowest BCUT2D eigenvalue weighted by molar-refractivity contribution is 0.408. The van der Waals surface area contributed by atoms with Crippen molar-refractivity contribution in [3.05, 3.63) is 44.5 Å². The maximum atomic E-state index is 5.86. The molecule has 2 aromatic rings. The number of ether oxygens (including phenoxy) is 2. The predicted octanol–water partition coefficient (Wildman–Crippen LogP) is 5.61. The summed E-state index contributed by atoms with van der Waals surface area (Å²) in [6, 6.07) is 5.74. The van der Waals surface area contributed by atoms with Crippen molar-refractivity contribution in [2.24, 2.45) is 0 Å². The molecule has 1 aromatic heterocycles. The molecule has 0 aliphatic heterocycles. The molecule has 20 heavy (non-hydrogen) atoms. The van der Waals surface area contributed by atoms with Crippen LogP contribution in [0, 0.1) is 6.92 Å². The number of aromatic nitrogens is 1. The first-order valence-electron chi connectivity index (χ1n) is 5.77. The topological polar surface area (TPSA) is 31.4 Å². The molecule has 0 saturated carbocycles. The summed E-state index contributed by atoms with van der Waals surface area (Å²) in [5, 5.41) is 0.777. The fourth-order valence-corrected chi connectivity index (χ4v) is 2.84. The molecule has 0 unspecified atom stereocenters. The Morgan fingerprint density at radius 2 is 1.75 bits per heavy atom. The number of nitrogens with zero attached hydrogens (tertiary/aromatic N) is 1. The van der Waals surface area contributed by atoms with Crippen LogP contribution >= 0.6 is 47.8 Å². The van der Waals surface area contributed by atoms with Crippen LogP contribution < -0.4 is 9.47 Å². The molecule has 6 heteroatoms. The monoisotopic (exact) mass is 463 g/mol. The van der Waals surface area contributed by atoms with Crippen LogP contribution in [0.1, 0.15) is 11.1 Å². The highest BCUT2D eigenvalue weighted by Gasteiger charge is 2.11. The van der Waals surface area contributed by atoms with Crippen molar-refractivity contribution in [3.63, 3.8) is 0 Å². The minimum Gasteiger partial charge on any atom is -0.496 e. The lowest BCUT2D eigenvalue weighted by Gasteiger charge is -2.12. The summed E-state index contributed by atoms with van der Waals surface area (Å²) < 4.78 is 12.7. The SMILES string of the molecule is COc1cc(Br)c(Oc2ncc(CBr)cc2C)cc1Br. The van der Waals surface area contributed by atoms with Crippen molar-refractivity contribution in [1.82, 2.24) is 4.98 Å². The zero-order valence-corrected chi connectivity index (χ0v) is 15.7. The number of hydrogen-bond donors (Lipinski definition) is 0. The van der Waals surface area contributed by atoms with E-state index >= 15 is 0 Å². The molecule has 0 bridgehead atoms. The van der Waals surface area contributed by atoms with Crippen molar-refractivity contribution in [1.29, 1.82) is 0 Å². The Bertz CT molecular complexity index is 632. The highest BCUT2D eigenvalue weighted by molar-refractivity contribution is 9.11. The summed E-state index contributed by atoms with van der Waals surface area (Å²) in [5.41, 5.74) is 2.10.